The van der Waals surface area contributed by atoms with Crippen molar-refractivity contribution in [3.8, 4) is 0 Å². The Hall–Kier alpha value is -2.83. The third-order valence-corrected chi connectivity index (χ3v) is 4.31. The Morgan fingerprint density at radius 2 is 1.96 bits per heavy atom. The van der Waals surface area contributed by atoms with Gasteiger partial charge in [0.1, 0.15) is 0 Å². The molecule has 1 fully saturated rings. The van der Waals surface area contributed by atoms with E-state index in [1.54, 1.807) is 24.5 Å². The lowest BCUT2D eigenvalue weighted by Gasteiger charge is -2.31. The van der Waals surface area contributed by atoms with Gasteiger partial charge in [0.25, 0.3) is 5.91 Å². The van der Waals surface area contributed by atoms with E-state index in [1.807, 2.05) is 27.7 Å². The number of carbonyl (C=O) groups excluding carboxylic acids is 1. The van der Waals surface area contributed by atoms with E-state index in [1.165, 1.54) is 0 Å². The maximum atomic E-state index is 12.4. The Morgan fingerprint density at radius 3 is 2.74 bits per heavy atom. The number of nitrogens with zero attached hydrogens (tertiary/aromatic N) is 6. The van der Waals surface area contributed by atoms with Gasteiger partial charge in [0, 0.05) is 43.2 Å². The molecule has 0 radical (unpaired) electrons. The van der Waals surface area contributed by atoms with Crippen molar-refractivity contribution in [3.63, 3.8) is 0 Å². The van der Waals surface area contributed by atoms with Crippen molar-refractivity contribution in [3.05, 3.63) is 54.2 Å². The Bertz CT molecular complexity index is 823. The van der Waals surface area contributed by atoms with E-state index >= 15 is 0 Å². The molecule has 7 heteroatoms. The maximum Gasteiger partial charge on any atom is 0.274 e. The van der Waals surface area contributed by atoms with E-state index in [0.29, 0.717) is 24.7 Å². The molecule has 7 nitrogen and oxygen atoms in total. The highest BCUT2D eigenvalue weighted by molar-refractivity contribution is 5.92. The van der Waals surface area contributed by atoms with Crippen LogP contribution < -0.4 is 0 Å². The van der Waals surface area contributed by atoms with Crippen LogP contribution in [0.15, 0.2) is 42.9 Å². The molecule has 1 aliphatic rings. The molecule has 0 N–H and O–H groups in total. The number of aromatic nitrogens is 5. The van der Waals surface area contributed by atoms with Crippen LogP contribution in [-0.2, 0) is 0 Å². The molecular weight excluding hydrogens is 292 g/mol. The second kappa shape index (κ2) is 5.75. The summed E-state index contributed by atoms with van der Waals surface area (Å²) in [6.45, 7) is 1.43. The molecule has 1 aliphatic heterocycles. The van der Waals surface area contributed by atoms with Crippen LogP contribution in [-0.4, -0.2) is 48.7 Å². The zero-order valence-electron chi connectivity index (χ0n) is 12.5. The first-order valence-electron chi connectivity index (χ1n) is 7.68. The lowest BCUT2D eigenvalue weighted by atomic mass is 9.93. The van der Waals surface area contributed by atoms with Gasteiger partial charge in [0.05, 0.1) is 6.20 Å². The number of likely N-dealkylation sites (tertiary alicyclic amines) is 1. The fourth-order valence-corrected chi connectivity index (χ4v) is 3.12. The lowest BCUT2D eigenvalue weighted by Crippen LogP contribution is -2.38. The fourth-order valence-electron chi connectivity index (χ4n) is 3.12. The first kappa shape index (κ1) is 13.8. The average Bonchev–Trinajstić information content (AvgIpc) is 3.11. The van der Waals surface area contributed by atoms with Crippen molar-refractivity contribution in [1.82, 2.24) is 29.7 Å². The Kier molecular flexibility index (Phi) is 3.45. The topological polar surface area (TPSA) is 76.3 Å². The van der Waals surface area contributed by atoms with Crippen LogP contribution in [0.1, 0.15) is 34.9 Å². The lowest BCUT2D eigenvalue weighted by molar-refractivity contribution is 0.0704. The third-order valence-electron chi connectivity index (χ3n) is 4.31. The predicted molar refractivity (Wildman–Crippen MR) is 82.9 cm³/mol. The molecule has 4 rings (SSSR count). The minimum Gasteiger partial charge on any atom is -0.337 e. The summed E-state index contributed by atoms with van der Waals surface area (Å²) < 4.78 is 1.89. The van der Waals surface area contributed by atoms with Crippen LogP contribution in [0.2, 0.25) is 0 Å². The van der Waals surface area contributed by atoms with E-state index in [4.69, 9.17) is 0 Å². The van der Waals surface area contributed by atoms with E-state index in [9.17, 15) is 4.79 Å². The van der Waals surface area contributed by atoms with E-state index in [2.05, 4.69) is 20.3 Å². The third kappa shape index (κ3) is 2.54. The molecule has 23 heavy (non-hydrogen) atoms. The quantitative estimate of drug-likeness (QED) is 0.718. The van der Waals surface area contributed by atoms with Gasteiger partial charge in [-0.2, -0.15) is 10.2 Å². The maximum absolute atomic E-state index is 12.4. The highest BCUT2D eigenvalue weighted by atomic mass is 16.2. The minimum atomic E-state index is -0.0458. The van der Waals surface area contributed by atoms with Crippen LogP contribution in [0.25, 0.3) is 5.65 Å². The smallest absolute Gasteiger partial charge is 0.274 e. The second-order valence-electron chi connectivity index (χ2n) is 5.65. The number of carbonyl (C=O) groups is 1. The number of piperidine rings is 1. The molecule has 0 aromatic carbocycles. The molecule has 0 unspecified atom stereocenters. The molecule has 0 aliphatic carbocycles. The Labute approximate surface area is 133 Å². The van der Waals surface area contributed by atoms with E-state index < -0.39 is 0 Å². The summed E-state index contributed by atoms with van der Waals surface area (Å²) in [5.41, 5.74) is 2.43. The van der Waals surface area contributed by atoms with Gasteiger partial charge < -0.3 is 4.90 Å². The first-order valence-corrected chi connectivity index (χ1v) is 7.68. The molecule has 116 valence electrons. The highest BCUT2D eigenvalue weighted by Gasteiger charge is 2.26. The number of fused-ring (bicyclic) bond motifs is 1. The summed E-state index contributed by atoms with van der Waals surface area (Å²) in [4.78, 5) is 18.6. The number of hydrogen-bond donors (Lipinski definition) is 0. The summed E-state index contributed by atoms with van der Waals surface area (Å²) in [5, 5.41) is 12.0. The second-order valence-corrected chi connectivity index (χ2v) is 5.65. The van der Waals surface area contributed by atoms with Crippen LogP contribution in [0.4, 0.5) is 0 Å². The van der Waals surface area contributed by atoms with Gasteiger partial charge in [0.2, 0.25) is 0 Å². The summed E-state index contributed by atoms with van der Waals surface area (Å²) in [6.07, 6.45) is 6.97. The summed E-state index contributed by atoms with van der Waals surface area (Å²) in [5.74, 6) is 0.335. The Balaban J connectivity index is 1.49. The van der Waals surface area contributed by atoms with E-state index in [0.717, 1.165) is 24.2 Å². The van der Waals surface area contributed by atoms with Crippen LogP contribution >= 0.6 is 0 Å². The molecule has 0 bridgehead atoms. The van der Waals surface area contributed by atoms with Crippen molar-refractivity contribution in [2.75, 3.05) is 13.1 Å². The molecular formula is C16H16N6O. The molecule has 3 aromatic rings. The van der Waals surface area contributed by atoms with Crippen molar-refractivity contribution in [2.24, 2.45) is 0 Å². The molecule has 0 atom stereocenters. The van der Waals surface area contributed by atoms with E-state index in [-0.39, 0.29) is 5.91 Å². The Morgan fingerprint density at radius 1 is 1.09 bits per heavy atom. The van der Waals surface area contributed by atoms with Crippen LogP contribution in [0.5, 0.6) is 0 Å². The molecule has 0 spiro atoms. The largest absolute Gasteiger partial charge is 0.337 e. The van der Waals surface area contributed by atoms with Gasteiger partial charge in [-0.3, -0.25) is 4.79 Å². The fraction of sp³-hybridized carbons (Fsp3) is 0.312. The molecule has 3 aromatic heterocycles. The van der Waals surface area contributed by atoms with Gasteiger partial charge in [-0.1, -0.05) is 0 Å². The summed E-state index contributed by atoms with van der Waals surface area (Å²) in [6, 6.07) is 7.36. The number of amides is 1. The minimum absolute atomic E-state index is 0.0458. The predicted octanol–water partition coefficient (Wildman–Crippen LogP) is 1.54. The van der Waals surface area contributed by atoms with Crippen LogP contribution in [0, 0.1) is 0 Å². The summed E-state index contributed by atoms with van der Waals surface area (Å²) >= 11 is 0. The first-order chi connectivity index (χ1) is 11.3. The van der Waals surface area contributed by atoms with Crippen molar-refractivity contribution in [1.29, 1.82) is 0 Å². The number of hydrogen-bond acceptors (Lipinski definition) is 5. The highest BCUT2D eigenvalue weighted by Crippen LogP contribution is 2.28. The summed E-state index contributed by atoms with van der Waals surface area (Å²) in [7, 11) is 0. The molecule has 1 saturated heterocycles. The molecule has 0 saturated carbocycles. The molecule has 4 heterocycles. The standard InChI is InChI=1S/C16H16N6O/c23-16(13-2-1-7-18-20-13)21-10-5-12(6-11-21)14-3-8-17-15-4-9-19-22(14)15/h1-4,7-9,12H,5-6,10-11H2. The van der Waals surface area contributed by atoms with Crippen molar-refractivity contribution >= 4 is 11.6 Å². The SMILES string of the molecule is O=C(c1cccnn1)N1CCC(c2ccnc3ccnn23)CC1. The van der Waals surface area contributed by atoms with Gasteiger partial charge in [-0.15, -0.1) is 5.10 Å². The van der Waals surface area contributed by atoms with Gasteiger partial charge in [-0.05, 0) is 31.0 Å². The van der Waals surface area contributed by atoms with Crippen LogP contribution in [0.3, 0.4) is 0 Å². The van der Waals surface area contributed by atoms with Gasteiger partial charge in [-0.25, -0.2) is 9.50 Å². The zero-order valence-corrected chi connectivity index (χ0v) is 12.5. The number of rotatable bonds is 2. The molecule has 1 amide bonds. The normalized spacial score (nSPS) is 15.9. The van der Waals surface area contributed by atoms with Crippen molar-refractivity contribution < 1.29 is 4.79 Å². The van der Waals surface area contributed by atoms with Gasteiger partial charge >= 0.3 is 0 Å². The zero-order chi connectivity index (χ0) is 15.6. The monoisotopic (exact) mass is 308 g/mol. The van der Waals surface area contributed by atoms with Gasteiger partial charge in [0.15, 0.2) is 11.3 Å². The average molecular weight is 308 g/mol. The van der Waals surface area contributed by atoms with Crippen molar-refractivity contribution in [2.45, 2.75) is 18.8 Å².